The molecule has 1 atom stereocenters. The quantitative estimate of drug-likeness (QED) is 0.460. The van der Waals surface area contributed by atoms with E-state index in [-0.39, 0.29) is 0 Å². The van der Waals surface area contributed by atoms with E-state index in [1.807, 2.05) is 19.2 Å². The molecule has 0 saturated carbocycles. The normalized spacial score (nSPS) is 18.2. The van der Waals surface area contributed by atoms with Gasteiger partial charge in [0, 0.05) is 56.8 Å². The number of alkyl halides is 3. The summed E-state index contributed by atoms with van der Waals surface area (Å²) in [5.41, 5.74) is 1.05. The van der Waals surface area contributed by atoms with Gasteiger partial charge in [-0.2, -0.15) is 13.2 Å². The number of aromatic nitrogens is 1. The van der Waals surface area contributed by atoms with Gasteiger partial charge in [0.05, 0.1) is 5.01 Å². The minimum Gasteiger partial charge on any atom is -0.357 e. The third kappa shape index (κ3) is 6.12. The molecule has 1 fully saturated rings. The third-order valence-corrected chi connectivity index (χ3v) is 5.47. The Balaban J connectivity index is 1.83. The summed E-state index contributed by atoms with van der Waals surface area (Å²) in [6.45, 7) is 8.53. The average Bonchev–Trinajstić information content (AvgIpc) is 3.01. The first-order valence-corrected chi connectivity index (χ1v) is 9.94. The molecule has 1 unspecified atom stereocenters. The van der Waals surface area contributed by atoms with Crippen molar-refractivity contribution >= 4 is 17.3 Å². The molecule has 9 heteroatoms. The van der Waals surface area contributed by atoms with Crippen LogP contribution >= 0.6 is 11.3 Å². The number of hydrogen-bond donors (Lipinski definition) is 1. The smallest absolute Gasteiger partial charge is 0.357 e. The standard InChI is InChI=1S/C17H28F3N5S/c1-4-21-16(22-7-5-6-15-23-13(2)12-26-15)25-10-8-24(9-11-25)14(3)17(18,19)20/h12,14H,4-11H2,1-3H3,(H,21,22). The average molecular weight is 392 g/mol. The predicted molar refractivity (Wildman–Crippen MR) is 99.8 cm³/mol. The van der Waals surface area contributed by atoms with Crippen molar-refractivity contribution in [1.29, 1.82) is 0 Å². The maximum absolute atomic E-state index is 12.9. The van der Waals surface area contributed by atoms with E-state index in [0.29, 0.717) is 32.7 Å². The van der Waals surface area contributed by atoms with E-state index in [1.165, 1.54) is 11.8 Å². The van der Waals surface area contributed by atoms with Crippen LogP contribution in [0.2, 0.25) is 0 Å². The number of nitrogens with zero attached hydrogens (tertiary/aromatic N) is 4. The summed E-state index contributed by atoms with van der Waals surface area (Å²) in [5, 5.41) is 6.42. The van der Waals surface area contributed by atoms with Gasteiger partial charge in [-0.25, -0.2) is 4.98 Å². The highest BCUT2D eigenvalue weighted by molar-refractivity contribution is 7.09. The highest BCUT2D eigenvalue weighted by Crippen LogP contribution is 2.25. The summed E-state index contributed by atoms with van der Waals surface area (Å²) in [6, 6.07) is -1.40. The van der Waals surface area contributed by atoms with Crippen molar-refractivity contribution in [3.05, 3.63) is 16.1 Å². The van der Waals surface area contributed by atoms with Gasteiger partial charge in [0.2, 0.25) is 0 Å². The zero-order chi connectivity index (χ0) is 19.2. The molecule has 1 N–H and O–H groups in total. The molecular formula is C17H28F3N5S. The molecule has 1 aromatic heterocycles. The van der Waals surface area contributed by atoms with Gasteiger partial charge in [-0.15, -0.1) is 11.3 Å². The van der Waals surface area contributed by atoms with Gasteiger partial charge >= 0.3 is 6.18 Å². The molecule has 1 aliphatic rings. The lowest BCUT2D eigenvalue weighted by atomic mass is 10.2. The first-order chi connectivity index (χ1) is 12.3. The van der Waals surface area contributed by atoms with Gasteiger partial charge in [0.1, 0.15) is 6.04 Å². The van der Waals surface area contributed by atoms with Crippen molar-refractivity contribution in [2.75, 3.05) is 39.3 Å². The highest BCUT2D eigenvalue weighted by atomic mass is 32.1. The molecule has 1 aliphatic heterocycles. The van der Waals surface area contributed by atoms with Gasteiger partial charge < -0.3 is 10.2 Å². The minimum absolute atomic E-state index is 0.392. The Kier molecular flexibility index (Phi) is 7.69. The maximum atomic E-state index is 12.9. The van der Waals surface area contributed by atoms with Gasteiger partial charge in [-0.1, -0.05) is 0 Å². The first kappa shape index (κ1) is 21.0. The SMILES string of the molecule is CCNC(=NCCCc1nc(C)cs1)N1CCN(C(C)C(F)(F)F)CC1. The van der Waals surface area contributed by atoms with Gasteiger partial charge in [0.25, 0.3) is 0 Å². The fourth-order valence-corrected chi connectivity index (χ4v) is 3.70. The number of thiazole rings is 1. The topological polar surface area (TPSA) is 43.8 Å². The minimum atomic E-state index is -4.17. The molecule has 1 aromatic rings. The fraction of sp³-hybridized carbons (Fsp3) is 0.765. The number of piperazine rings is 1. The highest BCUT2D eigenvalue weighted by Gasteiger charge is 2.41. The monoisotopic (exact) mass is 391 g/mol. The Hall–Kier alpha value is -1.35. The van der Waals surface area contributed by atoms with Gasteiger partial charge in [-0.05, 0) is 27.2 Å². The Morgan fingerprint density at radius 2 is 2.04 bits per heavy atom. The van der Waals surface area contributed by atoms with E-state index >= 15 is 0 Å². The molecule has 0 bridgehead atoms. The largest absolute Gasteiger partial charge is 0.403 e. The number of guanidine groups is 1. The molecule has 0 aliphatic carbocycles. The van der Waals surface area contributed by atoms with Crippen LogP contribution in [0.25, 0.3) is 0 Å². The van der Waals surface area contributed by atoms with E-state index in [4.69, 9.17) is 0 Å². The lowest BCUT2D eigenvalue weighted by Crippen LogP contribution is -2.56. The zero-order valence-electron chi connectivity index (χ0n) is 15.6. The lowest BCUT2D eigenvalue weighted by Gasteiger charge is -2.39. The molecule has 2 heterocycles. The molecule has 0 spiro atoms. The van der Waals surface area contributed by atoms with Crippen molar-refractivity contribution < 1.29 is 13.2 Å². The van der Waals surface area contributed by atoms with E-state index < -0.39 is 12.2 Å². The summed E-state index contributed by atoms with van der Waals surface area (Å²) < 4.78 is 38.6. The Labute approximate surface area is 157 Å². The molecule has 1 saturated heterocycles. The second-order valence-corrected chi connectivity index (χ2v) is 7.41. The van der Waals surface area contributed by atoms with Crippen molar-refractivity contribution in [3.63, 3.8) is 0 Å². The van der Waals surface area contributed by atoms with Crippen LogP contribution in [-0.4, -0.2) is 72.2 Å². The molecule has 5 nitrogen and oxygen atoms in total. The lowest BCUT2D eigenvalue weighted by molar-refractivity contribution is -0.181. The molecule has 0 radical (unpaired) electrons. The van der Waals surface area contributed by atoms with E-state index in [2.05, 4.69) is 20.2 Å². The number of nitrogens with one attached hydrogen (secondary N) is 1. The zero-order valence-corrected chi connectivity index (χ0v) is 16.5. The number of hydrogen-bond acceptors (Lipinski definition) is 4. The van der Waals surface area contributed by atoms with Crippen LogP contribution < -0.4 is 5.32 Å². The van der Waals surface area contributed by atoms with Crippen LogP contribution in [0.15, 0.2) is 10.4 Å². The number of aryl methyl sites for hydroxylation is 2. The van der Waals surface area contributed by atoms with Crippen LogP contribution in [0.3, 0.4) is 0 Å². The van der Waals surface area contributed by atoms with Crippen molar-refractivity contribution in [3.8, 4) is 0 Å². The van der Waals surface area contributed by atoms with Gasteiger partial charge in [0.15, 0.2) is 5.96 Å². The summed E-state index contributed by atoms with van der Waals surface area (Å²) >= 11 is 1.67. The summed E-state index contributed by atoms with van der Waals surface area (Å²) in [6.07, 6.45) is -2.36. The number of halogens is 3. The van der Waals surface area contributed by atoms with Crippen LogP contribution in [0.1, 0.15) is 31.0 Å². The van der Waals surface area contributed by atoms with Crippen LogP contribution in [0, 0.1) is 6.92 Å². The van der Waals surface area contributed by atoms with Crippen molar-refractivity contribution in [1.82, 2.24) is 20.1 Å². The number of aliphatic imine (C=N–C) groups is 1. The predicted octanol–water partition coefficient (Wildman–Crippen LogP) is 2.92. The molecule has 0 amide bonds. The van der Waals surface area contributed by atoms with Crippen molar-refractivity contribution in [2.45, 2.75) is 45.8 Å². The fourth-order valence-electron chi connectivity index (χ4n) is 2.89. The van der Waals surface area contributed by atoms with Crippen molar-refractivity contribution in [2.24, 2.45) is 4.99 Å². The van der Waals surface area contributed by atoms with E-state index in [9.17, 15) is 13.2 Å². The number of rotatable bonds is 6. The van der Waals surface area contributed by atoms with Crippen LogP contribution in [-0.2, 0) is 6.42 Å². The maximum Gasteiger partial charge on any atom is 0.403 e. The summed E-state index contributed by atoms with van der Waals surface area (Å²) in [7, 11) is 0. The van der Waals surface area contributed by atoms with Crippen LogP contribution in [0.5, 0.6) is 0 Å². The second kappa shape index (κ2) is 9.55. The Bertz CT molecular complexity index is 579. The first-order valence-electron chi connectivity index (χ1n) is 9.06. The van der Waals surface area contributed by atoms with E-state index in [1.54, 1.807) is 11.3 Å². The second-order valence-electron chi connectivity index (χ2n) is 6.46. The Morgan fingerprint density at radius 3 is 2.58 bits per heavy atom. The molecule has 2 rings (SSSR count). The molecule has 26 heavy (non-hydrogen) atoms. The summed E-state index contributed by atoms with van der Waals surface area (Å²) in [5.74, 6) is 0.794. The third-order valence-electron chi connectivity index (χ3n) is 4.45. The molecule has 0 aromatic carbocycles. The Morgan fingerprint density at radius 1 is 1.35 bits per heavy atom. The van der Waals surface area contributed by atoms with Crippen LogP contribution in [0.4, 0.5) is 13.2 Å². The summed E-state index contributed by atoms with van der Waals surface area (Å²) in [4.78, 5) is 12.6. The van der Waals surface area contributed by atoms with E-state index in [0.717, 1.165) is 36.0 Å². The molecule has 148 valence electrons. The molecular weight excluding hydrogens is 363 g/mol. The van der Waals surface area contributed by atoms with Gasteiger partial charge in [-0.3, -0.25) is 9.89 Å².